The highest BCUT2D eigenvalue weighted by atomic mass is 16.6. The van der Waals surface area contributed by atoms with Crippen LogP contribution in [-0.4, -0.2) is 37.2 Å². The van der Waals surface area contributed by atoms with E-state index in [4.69, 9.17) is 14.2 Å². The first-order valence-electron chi connectivity index (χ1n) is 25.2. The van der Waals surface area contributed by atoms with Crippen molar-refractivity contribution in [1.82, 2.24) is 0 Å². The second kappa shape index (κ2) is 50.0. The molecule has 0 saturated heterocycles. The first-order valence-corrected chi connectivity index (χ1v) is 25.2. The third-order valence-electron chi connectivity index (χ3n) is 10.3. The predicted molar refractivity (Wildman–Crippen MR) is 265 cm³/mol. The van der Waals surface area contributed by atoms with Crippen molar-refractivity contribution >= 4 is 17.9 Å². The normalized spacial score (nSPS) is 12.9. The van der Waals surface area contributed by atoms with E-state index in [1.807, 2.05) is 0 Å². The Morgan fingerprint density at radius 2 is 0.645 bits per heavy atom. The Morgan fingerprint density at radius 3 is 1.06 bits per heavy atom. The van der Waals surface area contributed by atoms with E-state index < -0.39 is 6.10 Å². The molecule has 0 aromatic carbocycles. The van der Waals surface area contributed by atoms with Crippen LogP contribution in [0.1, 0.15) is 220 Å². The fraction of sp³-hybridized carbons (Fsp3) is 0.661. The van der Waals surface area contributed by atoms with Gasteiger partial charge in [-0.1, -0.05) is 201 Å². The van der Waals surface area contributed by atoms with Crippen LogP contribution in [0.3, 0.4) is 0 Å². The molecule has 62 heavy (non-hydrogen) atoms. The summed E-state index contributed by atoms with van der Waals surface area (Å²) in [5, 5.41) is 0. The molecule has 0 spiro atoms. The zero-order chi connectivity index (χ0) is 45.1. The van der Waals surface area contributed by atoms with Crippen molar-refractivity contribution in [3.05, 3.63) is 97.2 Å². The fourth-order valence-electron chi connectivity index (χ4n) is 6.54. The number of esters is 3. The van der Waals surface area contributed by atoms with Gasteiger partial charge in [0.15, 0.2) is 6.10 Å². The Morgan fingerprint density at radius 1 is 0.339 bits per heavy atom. The van der Waals surface area contributed by atoms with Gasteiger partial charge >= 0.3 is 17.9 Å². The van der Waals surface area contributed by atoms with Gasteiger partial charge in [-0.3, -0.25) is 14.4 Å². The SMILES string of the molecule is CC/C=C\C/C=C\C/C=C\C/C=C\C/C=C\C/C=C\C/C=C\CCCC(=O)OCC(COC(=O)CCCCCCCCC)OC(=O)CCCCCCC/C=C\CCCCCCC. The van der Waals surface area contributed by atoms with Gasteiger partial charge in [0.05, 0.1) is 0 Å². The number of hydrogen-bond acceptors (Lipinski definition) is 6. The van der Waals surface area contributed by atoms with Gasteiger partial charge in [-0.15, -0.1) is 0 Å². The molecule has 0 aliphatic carbocycles. The highest BCUT2D eigenvalue weighted by Gasteiger charge is 2.19. The summed E-state index contributed by atoms with van der Waals surface area (Å²) in [5.41, 5.74) is 0. The van der Waals surface area contributed by atoms with Crippen molar-refractivity contribution in [2.75, 3.05) is 13.2 Å². The summed E-state index contributed by atoms with van der Waals surface area (Å²) in [6.07, 6.45) is 65.5. The average molecular weight is 861 g/mol. The Bertz CT molecular complexity index is 1260. The highest BCUT2D eigenvalue weighted by Crippen LogP contribution is 2.13. The lowest BCUT2D eigenvalue weighted by Gasteiger charge is -2.18. The molecule has 0 heterocycles. The maximum absolute atomic E-state index is 12.7. The Balaban J connectivity index is 4.38. The van der Waals surface area contributed by atoms with Crippen LogP contribution in [0.15, 0.2) is 97.2 Å². The molecule has 0 aromatic rings. The second-order valence-corrected chi connectivity index (χ2v) is 16.3. The molecular formula is C56H92O6. The zero-order valence-electron chi connectivity index (χ0n) is 40.1. The van der Waals surface area contributed by atoms with Crippen molar-refractivity contribution < 1.29 is 28.6 Å². The monoisotopic (exact) mass is 861 g/mol. The summed E-state index contributed by atoms with van der Waals surface area (Å²) in [5.74, 6) is -0.982. The van der Waals surface area contributed by atoms with Crippen molar-refractivity contribution in [3.8, 4) is 0 Å². The average Bonchev–Trinajstić information content (AvgIpc) is 3.27. The minimum absolute atomic E-state index is 0.0993. The summed E-state index contributed by atoms with van der Waals surface area (Å²) in [7, 11) is 0. The van der Waals surface area contributed by atoms with Crippen molar-refractivity contribution in [2.45, 2.75) is 226 Å². The smallest absolute Gasteiger partial charge is 0.306 e. The number of carbonyl (C=O) groups excluding carboxylic acids is 3. The predicted octanol–water partition coefficient (Wildman–Crippen LogP) is 16.6. The zero-order valence-corrected chi connectivity index (χ0v) is 40.1. The van der Waals surface area contributed by atoms with E-state index in [1.165, 1.54) is 70.6 Å². The lowest BCUT2D eigenvalue weighted by molar-refractivity contribution is -0.167. The molecule has 0 aromatic heterocycles. The van der Waals surface area contributed by atoms with E-state index in [1.54, 1.807) is 0 Å². The van der Waals surface area contributed by atoms with Gasteiger partial charge in [-0.05, 0) is 96.3 Å². The van der Waals surface area contributed by atoms with Gasteiger partial charge in [-0.25, -0.2) is 0 Å². The van der Waals surface area contributed by atoms with Gasteiger partial charge in [0.1, 0.15) is 13.2 Å². The second-order valence-electron chi connectivity index (χ2n) is 16.3. The summed E-state index contributed by atoms with van der Waals surface area (Å²) < 4.78 is 16.6. The van der Waals surface area contributed by atoms with E-state index in [0.29, 0.717) is 19.3 Å². The molecule has 0 saturated carbocycles. The van der Waals surface area contributed by atoms with Crippen LogP contribution in [0.5, 0.6) is 0 Å². The van der Waals surface area contributed by atoms with Gasteiger partial charge < -0.3 is 14.2 Å². The van der Waals surface area contributed by atoms with Crippen molar-refractivity contribution in [3.63, 3.8) is 0 Å². The number of allylic oxidation sites excluding steroid dienone is 16. The maximum atomic E-state index is 12.7. The first kappa shape index (κ1) is 58.3. The number of carbonyl (C=O) groups is 3. The lowest BCUT2D eigenvalue weighted by Crippen LogP contribution is -2.30. The van der Waals surface area contributed by atoms with Crippen LogP contribution in [0.4, 0.5) is 0 Å². The van der Waals surface area contributed by atoms with E-state index in [9.17, 15) is 14.4 Å². The van der Waals surface area contributed by atoms with E-state index in [2.05, 4.69) is 118 Å². The quantitative estimate of drug-likeness (QED) is 0.0263. The molecular weight excluding hydrogens is 769 g/mol. The van der Waals surface area contributed by atoms with Crippen LogP contribution in [-0.2, 0) is 28.6 Å². The largest absolute Gasteiger partial charge is 0.462 e. The van der Waals surface area contributed by atoms with Crippen molar-refractivity contribution in [1.29, 1.82) is 0 Å². The van der Waals surface area contributed by atoms with Crippen LogP contribution in [0, 0.1) is 0 Å². The number of hydrogen-bond donors (Lipinski definition) is 0. The molecule has 1 unspecified atom stereocenters. The minimum Gasteiger partial charge on any atom is -0.462 e. The maximum Gasteiger partial charge on any atom is 0.306 e. The van der Waals surface area contributed by atoms with Crippen LogP contribution >= 0.6 is 0 Å². The summed E-state index contributed by atoms with van der Waals surface area (Å²) in [6.45, 7) is 6.40. The molecule has 0 rings (SSSR count). The molecule has 0 radical (unpaired) electrons. The number of unbranched alkanes of at least 4 members (excludes halogenated alkanes) is 17. The highest BCUT2D eigenvalue weighted by molar-refractivity contribution is 5.71. The summed E-state index contributed by atoms with van der Waals surface area (Å²) in [6, 6.07) is 0. The van der Waals surface area contributed by atoms with Crippen LogP contribution in [0.2, 0.25) is 0 Å². The summed E-state index contributed by atoms with van der Waals surface area (Å²) in [4.78, 5) is 37.7. The third-order valence-corrected chi connectivity index (χ3v) is 10.3. The lowest BCUT2D eigenvalue weighted by atomic mass is 10.1. The summed E-state index contributed by atoms with van der Waals surface area (Å²) >= 11 is 0. The Kier molecular flexibility index (Phi) is 47.0. The van der Waals surface area contributed by atoms with Gasteiger partial charge in [-0.2, -0.15) is 0 Å². The van der Waals surface area contributed by atoms with Gasteiger partial charge in [0.25, 0.3) is 0 Å². The standard InChI is InChI=1S/C56H92O6/c1-4-7-10-13-16-18-20-22-24-25-26-27-28-29-30-31-32-34-35-37-40-43-46-49-55(58)61-52-53(51-60-54(57)48-45-42-39-15-12-9-6-3)62-56(59)50-47-44-41-38-36-33-23-21-19-17-14-11-8-5-2/h7,10,16,18,21-24,26-27,29-30,32,34,37,40,53H,4-6,8-9,11-15,17,19-20,25,28,31,33,35-36,38-39,41-52H2,1-3H3/b10-7-,18-16-,23-21-,24-22-,27-26-,30-29-,34-32-,40-37-. The van der Waals surface area contributed by atoms with Crippen LogP contribution in [0.25, 0.3) is 0 Å². The minimum atomic E-state index is -0.802. The van der Waals surface area contributed by atoms with Crippen molar-refractivity contribution in [2.24, 2.45) is 0 Å². The van der Waals surface area contributed by atoms with Gasteiger partial charge in [0, 0.05) is 19.3 Å². The molecule has 0 fully saturated rings. The molecule has 352 valence electrons. The molecule has 0 bridgehead atoms. The first-order chi connectivity index (χ1) is 30.5. The number of ether oxygens (including phenoxy) is 3. The third kappa shape index (κ3) is 47.4. The van der Waals surface area contributed by atoms with Crippen LogP contribution < -0.4 is 0 Å². The molecule has 0 amide bonds. The van der Waals surface area contributed by atoms with E-state index in [0.717, 1.165) is 103 Å². The molecule has 0 N–H and O–H groups in total. The molecule has 0 aliphatic rings. The molecule has 6 nitrogen and oxygen atoms in total. The Labute approximate surface area is 381 Å². The topological polar surface area (TPSA) is 78.9 Å². The molecule has 1 atom stereocenters. The molecule has 0 aliphatic heterocycles. The van der Waals surface area contributed by atoms with E-state index in [-0.39, 0.29) is 37.5 Å². The fourth-order valence-corrected chi connectivity index (χ4v) is 6.54. The Hall–Kier alpha value is -3.67. The van der Waals surface area contributed by atoms with Gasteiger partial charge in [0.2, 0.25) is 0 Å². The molecule has 6 heteroatoms. The van der Waals surface area contributed by atoms with E-state index >= 15 is 0 Å². The number of rotatable bonds is 44.